The Labute approximate surface area is 178 Å². The molecule has 4 aromatic rings. The molecule has 3 heterocycles. The molecule has 0 radical (unpaired) electrons. The smallest absolute Gasteiger partial charge is 0.131 e. The van der Waals surface area contributed by atoms with Gasteiger partial charge in [-0.25, -0.2) is 9.37 Å². The van der Waals surface area contributed by atoms with Crippen LogP contribution in [-0.2, 0) is 0 Å². The van der Waals surface area contributed by atoms with Crippen molar-refractivity contribution in [2.75, 3.05) is 18.1 Å². The zero-order valence-electron chi connectivity index (χ0n) is 16.4. The number of rotatable bonds is 7. The van der Waals surface area contributed by atoms with Gasteiger partial charge in [-0.05, 0) is 42.0 Å². The Morgan fingerprint density at radius 2 is 2.00 bits per heavy atom. The summed E-state index contributed by atoms with van der Waals surface area (Å²) < 4.78 is 16.0. The molecule has 1 aromatic carbocycles. The van der Waals surface area contributed by atoms with E-state index in [0.717, 1.165) is 51.3 Å². The molecule has 0 atom stereocenters. The summed E-state index contributed by atoms with van der Waals surface area (Å²) >= 11 is 3.51. The van der Waals surface area contributed by atoms with E-state index >= 15 is 0 Å². The third-order valence-corrected chi connectivity index (χ3v) is 7.17. The summed E-state index contributed by atoms with van der Waals surface area (Å²) in [5.41, 5.74) is 4.21. The van der Waals surface area contributed by atoms with Gasteiger partial charge in [0.2, 0.25) is 0 Å². The van der Waals surface area contributed by atoms with E-state index in [4.69, 9.17) is 4.98 Å². The number of unbranched alkanes of at least 4 members (excludes halogenated alkanes) is 1. The maximum Gasteiger partial charge on any atom is 0.131 e. The molecule has 4 rings (SSSR count). The molecule has 0 saturated carbocycles. The Morgan fingerprint density at radius 3 is 2.72 bits per heavy atom. The molecule has 0 aliphatic heterocycles. The number of aromatic nitrogens is 2. The first-order valence-corrected chi connectivity index (χ1v) is 11.5. The number of benzene rings is 1. The molecule has 0 unspecified atom stereocenters. The van der Waals surface area contributed by atoms with Gasteiger partial charge in [-0.3, -0.25) is 4.98 Å². The highest BCUT2D eigenvalue weighted by Gasteiger charge is 2.20. The highest BCUT2D eigenvalue weighted by atomic mass is 32.2. The number of pyridine rings is 2. The van der Waals surface area contributed by atoms with Gasteiger partial charge >= 0.3 is 0 Å². The topological polar surface area (TPSA) is 37.8 Å². The summed E-state index contributed by atoms with van der Waals surface area (Å²) in [6, 6.07) is 12.8. The van der Waals surface area contributed by atoms with Crippen LogP contribution in [0.1, 0.15) is 19.8 Å². The molecule has 6 heteroatoms. The van der Waals surface area contributed by atoms with Crippen LogP contribution in [0.4, 0.5) is 10.1 Å². The number of halogens is 1. The van der Waals surface area contributed by atoms with Gasteiger partial charge in [0.05, 0.1) is 15.6 Å². The molecule has 3 aromatic heterocycles. The number of thioether (sulfide) groups is 1. The SMILES string of the molecule is CCCCSc1sc2nc(-c3cccnc3)cc(-c3ccccc3F)c2c1NC. The Morgan fingerprint density at radius 1 is 1.14 bits per heavy atom. The van der Waals surface area contributed by atoms with Crippen LogP contribution in [0.15, 0.2) is 59.1 Å². The number of thiophene rings is 1. The van der Waals surface area contributed by atoms with E-state index in [2.05, 4.69) is 17.2 Å². The number of hydrogen-bond donors (Lipinski definition) is 1. The summed E-state index contributed by atoms with van der Waals surface area (Å²) in [6.07, 6.45) is 5.86. The zero-order chi connectivity index (χ0) is 20.2. The molecule has 1 N–H and O–H groups in total. The van der Waals surface area contributed by atoms with Gasteiger partial charge in [0.25, 0.3) is 0 Å². The molecule has 0 aliphatic rings. The number of hydrogen-bond acceptors (Lipinski definition) is 5. The monoisotopic (exact) mass is 423 g/mol. The second kappa shape index (κ2) is 8.93. The first-order valence-electron chi connectivity index (χ1n) is 9.66. The fraction of sp³-hybridized carbons (Fsp3) is 0.217. The molecule has 0 fully saturated rings. The van der Waals surface area contributed by atoms with Gasteiger partial charge < -0.3 is 5.32 Å². The van der Waals surface area contributed by atoms with E-state index in [-0.39, 0.29) is 5.82 Å². The van der Waals surface area contributed by atoms with Crippen molar-refractivity contribution < 1.29 is 4.39 Å². The second-order valence-electron chi connectivity index (χ2n) is 6.67. The zero-order valence-corrected chi connectivity index (χ0v) is 18.0. The Balaban J connectivity index is 1.97. The van der Waals surface area contributed by atoms with Crippen LogP contribution in [0, 0.1) is 5.82 Å². The van der Waals surface area contributed by atoms with Crippen LogP contribution in [0.5, 0.6) is 0 Å². The van der Waals surface area contributed by atoms with E-state index in [1.165, 1.54) is 10.3 Å². The van der Waals surface area contributed by atoms with Crippen molar-refractivity contribution in [1.82, 2.24) is 9.97 Å². The maximum atomic E-state index is 14.8. The molecule has 0 aliphatic carbocycles. The molecule has 29 heavy (non-hydrogen) atoms. The minimum atomic E-state index is -0.231. The van der Waals surface area contributed by atoms with Crippen LogP contribution in [0.3, 0.4) is 0 Å². The van der Waals surface area contributed by atoms with E-state index < -0.39 is 0 Å². The summed E-state index contributed by atoms with van der Waals surface area (Å²) in [7, 11) is 1.92. The van der Waals surface area contributed by atoms with Gasteiger partial charge in [-0.15, -0.1) is 23.1 Å². The highest BCUT2D eigenvalue weighted by molar-refractivity contribution is 8.01. The Bertz CT molecular complexity index is 1130. The number of fused-ring (bicyclic) bond motifs is 1. The number of nitrogens with zero attached hydrogens (tertiary/aromatic N) is 2. The maximum absolute atomic E-state index is 14.8. The third kappa shape index (κ3) is 4.00. The van der Waals surface area contributed by atoms with Gasteiger partial charge in [0.1, 0.15) is 10.6 Å². The van der Waals surface area contributed by atoms with E-state index in [0.29, 0.717) is 5.56 Å². The van der Waals surface area contributed by atoms with Crippen molar-refractivity contribution >= 4 is 39.0 Å². The van der Waals surface area contributed by atoms with Gasteiger partial charge in [0.15, 0.2) is 0 Å². The van der Waals surface area contributed by atoms with E-state index in [1.807, 2.05) is 49.1 Å². The molecular formula is C23H22FN3S2. The summed E-state index contributed by atoms with van der Waals surface area (Å²) in [4.78, 5) is 10.1. The first kappa shape index (κ1) is 19.9. The lowest BCUT2D eigenvalue weighted by Gasteiger charge is -2.11. The van der Waals surface area contributed by atoms with Crippen molar-refractivity contribution in [2.45, 2.75) is 24.0 Å². The van der Waals surface area contributed by atoms with Gasteiger partial charge in [0, 0.05) is 36.0 Å². The second-order valence-corrected chi connectivity index (χ2v) is 9.04. The predicted octanol–water partition coefficient (Wildman–Crippen LogP) is 7.10. The largest absolute Gasteiger partial charge is 0.386 e. The van der Waals surface area contributed by atoms with Crippen LogP contribution >= 0.6 is 23.1 Å². The quantitative estimate of drug-likeness (QED) is 0.254. The number of nitrogens with one attached hydrogen (secondary N) is 1. The average Bonchev–Trinajstić information content (AvgIpc) is 3.11. The van der Waals surface area contributed by atoms with E-state index in [1.54, 1.807) is 29.8 Å². The van der Waals surface area contributed by atoms with Crippen molar-refractivity contribution in [3.05, 3.63) is 60.7 Å². The summed E-state index contributed by atoms with van der Waals surface area (Å²) in [5, 5.41) is 4.33. The molecule has 0 amide bonds. The van der Waals surface area contributed by atoms with Crippen LogP contribution in [-0.4, -0.2) is 22.8 Å². The lowest BCUT2D eigenvalue weighted by atomic mass is 10.00. The Kier molecular flexibility index (Phi) is 6.11. The summed E-state index contributed by atoms with van der Waals surface area (Å²) in [6.45, 7) is 2.20. The highest BCUT2D eigenvalue weighted by Crippen LogP contribution is 2.47. The molecule has 148 valence electrons. The van der Waals surface area contributed by atoms with Crippen molar-refractivity contribution in [3.63, 3.8) is 0 Å². The fourth-order valence-electron chi connectivity index (χ4n) is 3.27. The van der Waals surface area contributed by atoms with Crippen molar-refractivity contribution in [2.24, 2.45) is 0 Å². The third-order valence-electron chi connectivity index (χ3n) is 4.73. The Hall–Kier alpha value is -2.44. The minimum Gasteiger partial charge on any atom is -0.386 e. The predicted molar refractivity (Wildman–Crippen MR) is 123 cm³/mol. The molecule has 3 nitrogen and oxygen atoms in total. The first-order chi connectivity index (χ1) is 14.2. The lowest BCUT2D eigenvalue weighted by molar-refractivity contribution is 0.631. The van der Waals surface area contributed by atoms with Crippen LogP contribution in [0.2, 0.25) is 0 Å². The molecular weight excluding hydrogens is 401 g/mol. The lowest BCUT2D eigenvalue weighted by Crippen LogP contribution is -1.94. The minimum absolute atomic E-state index is 0.231. The molecule has 0 bridgehead atoms. The fourth-order valence-corrected chi connectivity index (χ4v) is 5.90. The summed E-state index contributed by atoms with van der Waals surface area (Å²) in [5.74, 6) is 0.827. The normalized spacial score (nSPS) is 11.1. The van der Waals surface area contributed by atoms with E-state index in [9.17, 15) is 4.39 Å². The molecule has 0 spiro atoms. The standard InChI is InChI=1S/C23H22FN3S2/c1-3-4-12-28-23-21(25-2)20-17(16-9-5-6-10-18(16)24)13-19(27-22(20)29-23)15-8-7-11-26-14-15/h5-11,13-14,25H,3-4,12H2,1-2H3. The molecule has 0 saturated heterocycles. The van der Waals surface area contributed by atoms with Crippen LogP contribution in [0.25, 0.3) is 32.6 Å². The van der Waals surface area contributed by atoms with Gasteiger partial charge in [-0.2, -0.15) is 0 Å². The van der Waals surface area contributed by atoms with Gasteiger partial charge in [-0.1, -0.05) is 31.5 Å². The number of anilines is 1. The van der Waals surface area contributed by atoms with Crippen LogP contribution < -0.4 is 5.32 Å². The van der Waals surface area contributed by atoms with Crippen molar-refractivity contribution in [1.29, 1.82) is 0 Å². The van der Waals surface area contributed by atoms with Crippen molar-refractivity contribution in [3.8, 4) is 22.4 Å². The average molecular weight is 424 g/mol.